The molecule has 15 heteroatoms. The first kappa shape index (κ1) is 30.0. The molecule has 0 aliphatic carbocycles. The summed E-state index contributed by atoms with van der Waals surface area (Å²) in [6.07, 6.45) is -10.1. The maximum atomic E-state index is 14.0. The number of rotatable bonds is 8. The van der Waals surface area contributed by atoms with Crippen LogP contribution >= 0.6 is 0 Å². The second kappa shape index (κ2) is 11.8. The molecule has 0 spiro atoms. The van der Waals surface area contributed by atoms with Crippen LogP contribution in [-0.2, 0) is 22.3 Å². The lowest BCUT2D eigenvalue weighted by molar-refractivity contribution is -0.153. The smallest absolute Gasteiger partial charge is 0.449 e. The summed E-state index contributed by atoms with van der Waals surface area (Å²) in [5, 5.41) is 2.43. The third-order valence-electron chi connectivity index (χ3n) is 5.91. The normalized spacial score (nSPS) is 14.4. The van der Waals surface area contributed by atoms with Crippen LogP contribution in [0.25, 0.3) is 11.0 Å². The lowest BCUT2D eigenvalue weighted by Gasteiger charge is -2.27. The number of alkyl halides is 6. The minimum atomic E-state index is -4.94. The van der Waals surface area contributed by atoms with E-state index in [0.717, 1.165) is 10.6 Å². The van der Waals surface area contributed by atoms with Gasteiger partial charge in [-0.25, -0.2) is 4.98 Å². The number of carbonyl (C=O) groups excluding carboxylic acids is 2. The van der Waals surface area contributed by atoms with Gasteiger partial charge in [-0.15, -0.1) is 0 Å². The number of morpholine rings is 1. The van der Waals surface area contributed by atoms with Crippen LogP contribution in [-0.4, -0.2) is 71.5 Å². The molecule has 0 atom stereocenters. The van der Waals surface area contributed by atoms with Gasteiger partial charge in [0.15, 0.2) is 6.61 Å². The van der Waals surface area contributed by atoms with Crippen LogP contribution in [0.5, 0.6) is 11.5 Å². The second-order valence-electron chi connectivity index (χ2n) is 9.34. The number of ether oxygens (including phenoxy) is 3. The van der Waals surface area contributed by atoms with E-state index in [1.165, 1.54) is 35.2 Å². The lowest BCUT2D eigenvalue weighted by Crippen LogP contribution is -2.42. The molecule has 2 amide bonds. The molecule has 1 aliphatic rings. The van der Waals surface area contributed by atoms with E-state index in [9.17, 15) is 35.9 Å². The summed E-state index contributed by atoms with van der Waals surface area (Å²) in [7, 11) is 0. The summed E-state index contributed by atoms with van der Waals surface area (Å²) in [6.45, 7) is 1.89. The van der Waals surface area contributed by atoms with Crippen molar-refractivity contribution in [2.75, 3.05) is 38.2 Å². The molecular formula is C26H26F6N4O5. The predicted molar refractivity (Wildman–Crippen MR) is 134 cm³/mol. The number of fused-ring (bicyclic) bond motifs is 1. The van der Waals surface area contributed by atoms with Crippen molar-refractivity contribution in [1.29, 1.82) is 0 Å². The number of hydrogen-bond donors (Lipinski definition) is 1. The van der Waals surface area contributed by atoms with Gasteiger partial charge in [0, 0.05) is 13.1 Å². The molecule has 41 heavy (non-hydrogen) atoms. The summed E-state index contributed by atoms with van der Waals surface area (Å²) in [4.78, 5) is 31.3. The minimum Gasteiger partial charge on any atom is -0.490 e. The summed E-state index contributed by atoms with van der Waals surface area (Å²) in [6, 6.07) is 7.78. The monoisotopic (exact) mass is 588 g/mol. The van der Waals surface area contributed by atoms with Crippen LogP contribution in [0.3, 0.4) is 0 Å². The van der Waals surface area contributed by atoms with Crippen LogP contribution in [0.15, 0.2) is 36.4 Å². The number of amides is 2. The van der Waals surface area contributed by atoms with Gasteiger partial charge in [-0.1, -0.05) is 12.1 Å². The number of halogens is 6. The molecule has 1 N–H and O–H groups in total. The highest BCUT2D eigenvalue weighted by Crippen LogP contribution is 2.36. The Hall–Kier alpha value is -4.01. The summed E-state index contributed by atoms with van der Waals surface area (Å²) in [5.74, 6) is -3.46. The Kier molecular flexibility index (Phi) is 8.66. The summed E-state index contributed by atoms with van der Waals surface area (Å²) in [5.41, 5.74) is -0.919. The van der Waals surface area contributed by atoms with Crippen molar-refractivity contribution < 1.29 is 50.1 Å². The molecule has 0 radical (unpaired) electrons. The van der Waals surface area contributed by atoms with Crippen molar-refractivity contribution >= 4 is 28.5 Å². The molecular weight excluding hydrogens is 562 g/mol. The molecule has 3 aromatic rings. The molecule has 1 fully saturated rings. The van der Waals surface area contributed by atoms with Crippen LogP contribution < -0.4 is 14.8 Å². The fraction of sp³-hybridized carbons (Fsp3) is 0.423. The first-order valence-electron chi connectivity index (χ1n) is 12.5. The van der Waals surface area contributed by atoms with Crippen molar-refractivity contribution in [2.24, 2.45) is 0 Å². The first-order valence-corrected chi connectivity index (χ1v) is 12.5. The third-order valence-corrected chi connectivity index (χ3v) is 5.91. The molecule has 2 aromatic carbocycles. The van der Waals surface area contributed by atoms with Crippen LogP contribution in [0.2, 0.25) is 0 Å². The fourth-order valence-electron chi connectivity index (χ4n) is 4.22. The Labute approximate surface area is 230 Å². The van der Waals surface area contributed by atoms with Crippen molar-refractivity contribution in [1.82, 2.24) is 14.5 Å². The van der Waals surface area contributed by atoms with Crippen molar-refractivity contribution in [3.05, 3.63) is 47.8 Å². The van der Waals surface area contributed by atoms with E-state index >= 15 is 0 Å². The number of aromatic nitrogens is 2. The fourth-order valence-corrected chi connectivity index (χ4v) is 4.22. The molecule has 222 valence electrons. The van der Waals surface area contributed by atoms with Gasteiger partial charge in [-0.2, -0.15) is 26.3 Å². The van der Waals surface area contributed by atoms with E-state index in [1.807, 2.05) is 0 Å². The molecule has 0 saturated carbocycles. The number of anilines is 1. The van der Waals surface area contributed by atoms with Gasteiger partial charge in [-0.05, 0) is 38.1 Å². The summed E-state index contributed by atoms with van der Waals surface area (Å²) >= 11 is 0. The predicted octanol–water partition coefficient (Wildman–Crippen LogP) is 4.89. The van der Waals surface area contributed by atoms with Crippen LogP contribution in [0, 0.1) is 0 Å². The zero-order chi connectivity index (χ0) is 29.9. The quantitative estimate of drug-likeness (QED) is 0.377. The highest BCUT2D eigenvalue weighted by molar-refractivity contribution is 6.11. The molecule has 9 nitrogen and oxygen atoms in total. The molecule has 1 aliphatic heterocycles. The lowest BCUT2D eigenvalue weighted by atomic mass is 10.1. The first-order chi connectivity index (χ1) is 19.2. The highest BCUT2D eigenvalue weighted by Gasteiger charge is 2.39. The van der Waals surface area contributed by atoms with Gasteiger partial charge in [0.2, 0.25) is 11.7 Å². The Balaban J connectivity index is 1.72. The van der Waals surface area contributed by atoms with Gasteiger partial charge in [0.25, 0.3) is 5.91 Å². The third kappa shape index (κ3) is 7.20. The Morgan fingerprint density at radius 1 is 1.02 bits per heavy atom. The summed E-state index contributed by atoms with van der Waals surface area (Å²) < 4.78 is 96.9. The SMILES string of the molecule is CC(C)Oc1cccc(OCC(F)(F)F)c1C(=O)Nc1cccc2c1nc(C(F)(F)F)n2CC(=O)N1CCOCC1. The number of carbonyl (C=O) groups is 2. The average Bonchev–Trinajstić information content (AvgIpc) is 3.27. The van der Waals surface area contributed by atoms with Gasteiger partial charge < -0.3 is 29.0 Å². The Morgan fingerprint density at radius 2 is 1.68 bits per heavy atom. The van der Waals surface area contributed by atoms with E-state index < -0.39 is 55.0 Å². The zero-order valence-corrected chi connectivity index (χ0v) is 21.9. The molecule has 1 aromatic heterocycles. The van der Waals surface area contributed by atoms with Gasteiger partial charge >= 0.3 is 12.4 Å². The zero-order valence-electron chi connectivity index (χ0n) is 21.9. The standard InChI is InChI=1S/C26H26F6N4O5/c1-15(2)41-19-8-4-7-18(40-14-25(27,28)29)21(19)23(38)33-16-5-3-6-17-22(16)34-24(26(30,31)32)36(17)13-20(37)35-9-11-39-12-10-35/h3-8,15H,9-14H2,1-2H3,(H,33,38). The largest absolute Gasteiger partial charge is 0.490 e. The van der Waals surface area contributed by atoms with Crippen LogP contribution in [0.4, 0.5) is 32.0 Å². The number of imidazole rings is 1. The van der Waals surface area contributed by atoms with Gasteiger partial charge in [-0.3, -0.25) is 9.59 Å². The molecule has 4 rings (SSSR count). The van der Waals surface area contributed by atoms with E-state index in [2.05, 4.69) is 10.3 Å². The van der Waals surface area contributed by atoms with E-state index in [4.69, 9.17) is 14.2 Å². The van der Waals surface area contributed by atoms with Gasteiger partial charge in [0.1, 0.15) is 29.1 Å². The number of nitrogens with one attached hydrogen (secondary N) is 1. The number of para-hydroxylation sites is 1. The second-order valence-corrected chi connectivity index (χ2v) is 9.34. The van der Waals surface area contributed by atoms with Crippen molar-refractivity contribution in [2.45, 2.75) is 38.8 Å². The number of benzene rings is 2. The Bertz CT molecular complexity index is 1410. The number of hydrogen-bond acceptors (Lipinski definition) is 6. The molecule has 2 heterocycles. The van der Waals surface area contributed by atoms with Crippen molar-refractivity contribution in [3.8, 4) is 11.5 Å². The molecule has 0 bridgehead atoms. The van der Waals surface area contributed by atoms with Crippen molar-refractivity contribution in [3.63, 3.8) is 0 Å². The molecule has 1 saturated heterocycles. The Morgan fingerprint density at radius 3 is 2.32 bits per heavy atom. The number of nitrogens with zero attached hydrogens (tertiary/aromatic N) is 3. The maximum absolute atomic E-state index is 14.0. The minimum absolute atomic E-state index is 0.0861. The van der Waals surface area contributed by atoms with E-state index in [0.29, 0.717) is 0 Å². The van der Waals surface area contributed by atoms with Crippen LogP contribution in [0.1, 0.15) is 30.0 Å². The topological polar surface area (TPSA) is 94.9 Å². The molecule has 0 unspecified atom stereocenters. The van der Waals surface area contributed by atoms with E-state index in [-0.39, 0.29) is 54.3 Å². The van der Waals surface area contributed by atoms with E-state index in [1.54, 1.807) is 13.8 Å². The maximum Gasteiger partial charge on any atom is 0.449 e. The average molecular weight is 589 g/mol. The van der Waals surface area contributed by atoms with Gasteiger partial charge in [0.05, 0.1) is 30.5 Å². The highest BCUT2D eigenvalue weighted by atomic mass is 19.4.